The molecule has 2 heteroatoms. The van der Waals surface area contributed by atoms with Crippen LogP contribution in [-0.2, 0) is 5.41 Å². The van der Waals surface area contributed by atoms with Gasteiger partial charge in [0.2, 0.25) is 0 Å². The van der Waals surface area contributed by atoms with Crippen LogP contribution < -0.4 is 0 Å². The van der Waals surface area contributed by atoms with Crippen molar-refractivity contribution in [2.24, 2.45) is 0 Å². The summed E-state index contributed by atoms with van der Waals surface area (Å²) in [5.74, 6) is 0. The summed E-state index contributed by atoms with van der Waals surface area (Å²) in [6.45, 7) is 4.81. The number of aromatic nitrogens is 2. The van der Waals surface area contributed by atoms with Crippen molar-refractivity contribution in [2.75, 3.05) is 0 Å². The van der Waals surface area contributed by atoms with E-state index in [1.54, 1.807) is 0 Å². The molecule has 2 aromatic heterocycles. The van der Waals surface area contributed by atoms with E-state index in [4.69, 9.17) is 4.98 Å². The summed E-state index contributed by atoms with van der Waals surface area (Å²) in [7, 11) is 0. The summed E-state index contributed by atoms with van der Waals surface area (Å²) in [6.07, 6.45) is 1.84. The van der Waals surface area contributed by atoms with Gasteiger partial charge in [0.15, 0.2) is 0 Å². The maximum Gasteiger partial charge on any atom is 0.0972 e. The zero-order valence-electron chi connectivity index (χ0n) is 26.3. The van der Waals surface area contributed by atoms with Crippen molar-refractivity contribution in [3.8, 4) is 33.5 Å². The monoisotopic (exact) mass is 598 g/mol. The molecule has 2 nitrogen and oxygen atoms in total. The van der Waals surface area contributed by atoms with Crippen LogP contribution in [0.2, 0.25) is 0 Å². The number of rotatable bonds is 2. The molecule has 2 heterocycles. The Morgan fingerprint density at radius 3 is 1.79 bits per heavy atom. The molecule has 0 aliphatic heterocycles. The first-order chi connectivity index (χ1) is 23.1. The van der Waals surface area contributed by atoms with E-state index in [2.05, 4.69) is 152 Å². The van der Waals surface area contributed by atoms with E-state index in [-0.39, 0.29) is 5.41 Å². The Morgan fingerprint density at radius 1 is 0.468 bits per heavy atom. The molecule has 220 valence electrons. The summed E-state index contributed by atoms with van der Waals surface area (Å²) in [5, 5.41) is 10.1. The minimum absolute atomic E-state index is 0.168. The number of hydrogen-bond acceptors (Lipinski definition) is 2. The van der Waals surface area contributed by atoms with Crippen LogP contribution in [0.3, 0.4) is 0 Å². The van der Waals surface area contributed by atoms with Gasteiger partial charge >= 0.3 is 0 Å². The molecule has 0 unspecified atom stereocenters. The first-order valence-corrected chi connectivity index (χ1v) is 16.3. The highest BCUT2D eigenvalue weighted by molar-refractivity contribution is 6.22. The fourth-order valence-electron chi connectivity index (χ4n) is 8.27. The van der Waals surface area contributed by atoms with Gasteiger partial charge in [-0.15, -0.1) is 0 Å². The quantitative estimate of drug-likeness (QED) is 0.185. The standard InChI is InChI=1S/C45H30N2/c1-45(2)38-26-37(27-17-19-28(20-18-27)39-24-23-30-22-21-29-10-9-25-46-43(29)44(30)47-39)33-13-4-6-14-34(33)40(38)41-35-15-7-3-11-31(35)32-12-5-8-16-36(32)42(41)45/h3-26H,1-2H3. The Labute approximate surface area is 273 Å². The molecule has 47 heavy (non-hydrogen) atoms. The third-order valence-electron chi connectivity index (χ3n) is 10.4. The lowest BCUT2D eigenvalue weighted by molar-refractivity contribution is 0.667. The van der Waals surface area contributed by atoms with Gasteiger partial charge < -0.3 is 0 Å². The van der Waals surface area contributed by atoms with Gasteiger partial charge in [-0.1, -0.05) is 135 Å². The highest BCUT2D eigenvalue weighted by Gasteiger charge is 2.40. The number of benzene rings is 7. The molecule has 9 aromatic rings. The zero-order valence-corrected chi connectivity index (χ0v) is 26.3. The predicted molar refractivity (Wildman–Crippen MR) is 198 cm³/mol. The lowest BCUT2D eigenvalue weighted by Crippen LogP contribution is -2.16. The molecule has 10 rings (SSSR count). The van der Waals surface area contributed by atoms with Crippen LogP contribution in [-0.4, -0.2) is 9.97 Å². The lowest BCUT2D eigenvalue weighted by Gasteiger charge is -2.25. The van der Waals surface area contributed by atoms with E-state index < -0.39 is 0 Å². The highest BCUT2D eigenvalue weighted by Crippen LogP contribution is 2.57. The average Bonchev–Trinajstić information content (AvgIpc) is 3.38. The number of hydrogen-bond donors (Lipinski definition) is 0. The predicted octanol–water partition coefficient (Wildman–Crippen LogP) is 11.9. The Kier molecular flexibility index (Phi) is 5.37. The van der Waals surface area contributed by atoms with Crippen molar-refractivity contribution in [3.05, 3.63) is 157 Å². The van der Waals surface area contributed by atoms with Gasteiger partial charge in [0.25, 0.3) is 0 Å². The Bertz CT molecular complexity index is 2750. The molecule has 0 fully saturated rings. The van der Waals surface area contributed by atoms with Gasteiger partial charge in [-0.25, -0.2) is 4.98 Å². The van der Waals surface area contributed by atoms with Crippen LogP contribution in [0.5, 0.6) is 0 Å². The van der Waals surface area contributed by atoms with Crippen LogP contribution in [0.25, 0.3) is 87.6 Å². The molecule has 1 aliphatic carbocycles. The largest absolute Gasteiger partial charge is 0.254 e. The summed E-state index contributed by atoms with van der Waals surface area (Å²) < 4.78 is 0. The molecule has 0 N–H and O–H groups in total. The van der Waals surface area contributed by atoms with Gasteiger partial charge in [-0.3, -0.25) is 4.98 Å². The van der Waals surface area contributed by atoms with E-state index >= 15 is 0 Å². The van der Waals surface area contributed by atoms with E-state index in [0.29, 0.717) is 0 Å². The number of nitrogens with zero attached hydrogens (tertiary/aromatic N) is 2. The van der Waals surface area contributed by atoms with Crippen LogP contribution in [0.15, 0.2) is 146 Å². The molecule has 7 aromatic carbocycles. The molecule has 1 aliphatic rings. The molecular weight excluding hydrogens is 569 g/mol. The smallest absolute Gasteiger partial charge is 0.0972 e. The fraction of sp³-hybridized carbons (Fsp3) is 0.0667. The van der Waals surface area contributed by atoms with Gasteiger partial charge in [0.05, 0.1) is 16.7 Å². The SMILES string of the molecule is CC1(C)c2cc(-c3ccc(-c4ccc5ccc6cccnc6c5n4)cc3)c3ccccc3c2-c2c1c1ccccc1c1ccccc21. The van der Waals surface area contributed by atoms with Crippen molar-refractivity contribution in [1.29, 1.82) is 0 Å². The molecule has 0 saturated carbocycles. The van der Waals surface area contributed by atoms with Gasteiger partial charge in [-0.2, -0.15) is 0 Å². The normalized spacial score (nSPS) is 13.5. The molecular formula is C45H30N2. The van der Waals surface area contributed by atoms with E-state index in [0.717, 1.165) is 33.1 Å². The second kappa shape index (κ2) is 9.57. The van der Waals surface area contributed by atoms with E-state index in [1.165, 1.54) is 65.7 Å². The van der Waals surface area contributed by atoms with Crippen molar-refractivity contribution in [2.45, 2.75) is 19.3 Å². The second-order valence-corrected chi connectivity index (χ2v) is 13.3. The maximum absolute atomic E-state index is 5.10. The molecule has 0 bridgehead atoms. The van der Waals surface area contributed by atoms with E-state index in [1.807, 2.05) is 12.3 Å². The van der Waals surface area contributed by atoms with Crippen molar-refractivity contribution in [3.63, 3.8) is 0 Å². The first kappa shape index (κ1) is 26.4. The molecule has 0 spiro atoms. The van der Waals surface area contributed by atoms with Crippen molar-refractivity contribution >= 4 is 54.1 Å². The molecule has 0 atom stereocenters. The van der Waals surface area contributed by atoms with Crippen molar-refractivity contribution < 1.29 is 0 Å². The van der Waals surface area contributed by atoms with Gasteiger partial charge in [0.1, 0.15) is 0 Å². The zero-order chi connectivity index (χ0) is 31.3. The van der Waals surface area contributed by atoms with Gasteiger partial charge in [0, 0.05) is 27.9 Å². The maximum atomic E-state index is 5.10. The second-order valence-electron chi connectivity index (χ2n) is 13.3. The van der Waals surface area contributed by atoms with Crippen molar-refractivity contribution in [1.82, 2.24) is 9.97 Å². The Morgan fingerprint density at radius 2 is 1.04 bits per heavy atom. The highest BCUT2D eigenvalue weighted by atomic mass is 14.7. The molecule has 0 saturated heterocycles. The summed E-state index contributed by atoms with van der Waals surface area (Å²) in [4.78, 5) is 9.76. The molecule has 0 radical (unpaired) electrons. The fourth-order valence-corrected chi connectivity index (χ4v) is 8.27. The lowest BCUT2D eigenvalue weighted by atomic mass is 9.78. The topological polar surface area (TPSA) is 25.8 Å². The Balaban J connectivity index is 1.17. The minimum atomic E-state index is -0.168. The summed E-state index contributed by atoms with van der Waals surface area (Å²) in [5.41, 5.74) is 11.8. The third kappa shape index (κ3) is 3.67. The Hall–Kier alpha value is -5.86. The van der Waals surface area contributed by atoms with Gasteiger partial charge in [-0.05, 0) is 83.9 Å². The molecule has 0 amide bonds. The summed E-state index contributed by atoms with van der Waals surface area (Å²) in [6, 6.07) is 50.9. The van der Waals surface area contributed by atoms with E-state index in [9.17, 15) is 0 Å². The minimum Gasteiger partial charge on any atom is -0.254 e. The number of fused-ring (bicyclic) bond motifs is 13. The first-order valence-electron chi connectivity index (χ1n) is 16.3. The number of pyridine rings is 2. The average molecular weight is 599 g/mol. The third-order valence-corrected chi connectivity index (χ3v) is 10.4. The van der Waals surface area contributed by atoms with Crippen LogP contribution >= 0.6 is 0 Å². The summed E-state index contributed by atoms with van der Waals surface area (Å²) >= 11 is 0. The van der Waals surface area contributed by atoms with Crippen LogP contribution in [0, 0.1) is 0 Å². The van der Waals surface area contributed by atoms with Crippen LogP contribution in [0.4, 0.5) is 0 Å². The van der Waals surface area contributed by atoms with Crippen LogP contribution in [0.1, 0.15) is 25.0 Å².